The van der Waals surface area contributed by atoms with E-state index in [0.29, 0.717) is 5.75 Å². The van der Waals surface area contributed by atoms with E-state index in [4.69, 9.17) is 0 Å². The molecule has 0 saturated carbocycles. The molecular formula is C16H22N4O. The van der Waals surface area contributed by atoms with Crippen molar-refractivity contribution in [2.24, 2.45) is 0 Å². The number of hydrogen-bond acceptors (Lipinski definition) is 4. The molecule has 112 valence electrons. The summed E-state index contributed by atoms with van der Waals surface area (Å²) in [5, 5.41) is 22.2. The minimum Gasteiger partial charge on any atom is -0.508 e. The number of phenols is 1. The summed E-state index contributed by atoms with van der Waals surface area (Å²) >= 11 is 0. The summed E-state index contributed by atoms with van der Waals surface area (Å²) < 4.78 is 2.21. The first-order chi connectivity index (χ1) is 10.1. The van der Waals surface area contributed by atoms with Crippen LogP contribution < -0.4 is 5.32 Å². The van der Waals surface area contributed by atoms with Crippen LogP contribution in [-0.4, -0.2) is 19.9 Å². The Labute approximate surface area is 125 Å². The molecule has 1 aliphatic rings. The topological polar surface area (TPSA) is 63.0 Å². The van der Waals surface area contributed by atoms with Crippen molar-refractivity contribution in [3.05, 3.63) is 41.0 Å². The van der Waals surface area contributed by atoms with Gasteiger partial charge in [-0.2, -0.15) is 0 Å². The third-order valence-corrected chi connectivity index (χ3v) is 4.18. The third-order valence-electron chi connectivity index (χ3n) is 4.18. The van der Waals surface area contributed by atoms with Gasteiger partial charge in [-0.05, 0) is 38.8 Å². The molecule has 0 fully saturated rings. The second kappa shape index (κ2) is 5.48. The van der Waals surface area contributed by atoms with Crippen LogP contribution in [0.2, 0.25) is 0 Å². The van der Waals surface area contributed by atoms with Crippen LogP contribution >= 0.6 is 0 Å². The molecule has 1 aromatic carbocycles. The first-order valence-corrected chi connectivity index (χ1v) is 7.54. The van der Waals surface area contributed by atoms with E-state index < -0.39 is 0 Å². The maximum Gasteiger partial charge on any atom is 0.149 e. The van der Waals surface area contributed by atoms with E-state index in [0.717, 1.165) is 42.2 Å². The Morgan fingerprint density at radius 1 is 1.24 bits per heavy atom. The van der Waals surface area contributed by atoms with E-state index in [-0.39, 0.29) is 12.1 Å². The van der Waals surface area contributed by atoms with E-state index >= 15 is 0 Å². The normalized spacial score (nSPS) is 16.7. The summed E-state index contributed by atoms with van der Waals surface area (Å²) in [6, 6.07) is 5.94. The molecule has 1 aromatic heterocycles. The van der Waals surface area contributed by atoms with Gasteiger partial charge in [0.05, 0.1) is 6.04 Å². The van der Waals surface area contributed by atoms with Crippen molar-refractivity contribution in [1.29, 1.82) is 0 Å². The maximum atomic E-state index is 10.1. The van der Waals surface area contributed by atoms with Crippen molar-refractivity contribution in [3.8, 4) is 5.75 Å². The van der Waals surface area contributed by atoms with Gasteiger partial charge in [0, 0.05) is 24.6 Å². The van der Waals surface area contributed by atoms with Crippen LogP contribution in [0.1, 0.15) is 55.1 Å². The quantitative estimate of drug-likeness (QED) is 0.907. The molecule has 2 atom stereocenters. The summed E-state index contributed by atoms with van der Waals surface area (Å²) in [4.78, 5) is 0. The second-order valence-electron chi connectivity index (χ2n) is 5.90. The molecule has 0 bridgehead atoms. The molecule has 0 spiro atoms. The number of aryl methyl sites for hydroxylation is 2. The van der Waals surface area contributed by atoms with E-state index in [1.54, 1.807) is 6.07 Å². The minimum absolute atomic E-state index is 0.0509. The fourth-order valence-corrected chi connectivity index (χ4v) is 3.05. The Kier molecular flexibility index (Phi) is 3.68. The number of rotatable bonds is 4. The minimum atomic E-state index is 0.0509. The first-order valence-electron chi connectivity index (χ1n) is 7.54. The molecule has 1 aliphatic heterocycles. The number of aromatic hydroxyl groups is 1. The standard InChI is InChI=1S/C16H22N4O/c1-10-6-7-13(14(21)9-10)11(2)17-12(3)16-19-18-15-5-4-8-20(15)16/h6-7,9,11-12,17,21H,4-5,8H2,1-3H3. The predicted molar refractivity (Wildman–Crippen MR) is 81.2 cm³/mol. The van der Waals surface area contributed by atoms with Crippen LogP contribution in [0.15, 0.2) is 18.2 Å². The van der Waals surface area contributed by atoms with Gasteiger partial charge in [0.2, 0.25) is 0 Å². The van der Waals surface area contributed by atoms with Crippen molar-refractivity contribution in [1.82, 2.24) is 20.1 Å². The average Bonchev–Trinajstić information content (AvgIpc) is 3.00. The SMILES string of the molecule is Cc1ccc(C(C)NC(C)c2nnc3n2CCC3)c(O)c1. The number of hydrogen-bond donors (Lipinski definition) is 2. The predicted octanol–water partition coefficient (Wildman–Crippen LogP) is 2.65. The molecule has 5 heteroatoms. The van der Waals surface area contributed by atoms with Crippen molar-refractivity contribution in [2.45, 2.75) is 52.2 Å². The van der Waals surface area contributed by atoms with Crippen molar-refractivity contribution < 1.29 is 5.11 Å². The number of phenolic OH excluding ortho intramolecular Hbond substituents is 1. The highest BCUT2D eigenvalue weighted by Crippen LogP contribution is 2.27. The molecule has 0 amide bonds. The van der Waals surface area contributed by atoms with Crippen LogP contribution in [0.25, 0.3) is 0 Å². The van der Waals surface area contributed by atoms with Crippen LogP contribution in [0.3, 0.4) is 0 Å². The second-order valence-corrected chi connectivity index (χ2v) is 5.90. The Bertz CT molecular complexity index is 650. The Hall–Kier alpha value is -1.88. The number of nitrogens with one attached hydrogen (secondary N) is 1. The van der Waals surface area contributed by atoms with E-state index in [9.17, 15) is 5.11 Å². The largest absolute Gasteiger partial charge is 0.508 e. The van der Waals surface area contributed by atoms with Gasteiger partial charge in [0.1, 0.15) is 17.4 Å². The summed E-state index contributed by atoms with van der Waals surface area (Å²) in [5.41, 5.74) is 1.97. The molecule has 5 nitrogen and oxygen atoms in total. The third kappa shape index (κ3) is 2.65. The summed E-state index contributed by atoms with van der Waals surface area (Å²) in [7, 11) is 0. The number of fused-ring (bicyclic) bond motifs is 1. The fourth-order valence-electron chi connectivity index (χ4n) is 3.05. The molecule has 0 aliphatic carbocycles. The van der Waals surface area contributed by atoms with Gasteiger partial charge in [-0.15, -0.1) is 10.2 Å². The molecule has 2 N–H and O–H groups in total. The molecular weight excluding hydrogens is 264 g/mol. The molecule has 2 unspecified atom stereocenters. The van der Waals surface area contributed by atoms with Gasteiger partial charge in [0.15, 0.2) is 0 Å². The van der Waals surface area contributed by atoms with Gasteiger partial charge < -0.3 is 15.0 Å². The molecule has 2 heterocycles. The maximum absolute atomic E-state index is 10.1. The van der Waals surface area contributed by atoms with Gasteiger partial charge >= 0.3 is 0 Å². The molecule has 2 aromatic rings. The lowest BCUT2D eigenvalue weighted by atomic mass is 10.0. The van der Waals surface area contributed by atoms with Gasteiger partial charge in [0.25, 0.3) is 0 Å². The van der Waals surface area contributed by atoms with Crippen LogP contribution in [0.4, 0.5) is 0 Å². The lowest BCUT2D eigenvalue weighted by Crippen LogP contribution is -2.25. The molecule has 3 rings (SSSR count). The average molecular weight is 286 g/mol. The van der Waals surface area contributed by atoms with E-state index in [1.807, 2.05) is 19.1 Å². The highest BCUT2D eigenvalue weighted by molar-refractivity contribution is 5.37. The lowest BCUT2D eigenvalue weighted by Gasteiger charge is -2.21. The number of benzene rings is 1. The van der Waals surface area contributed by atoms with Gasteiger partial charge in [-0.25, -0.2) is 0 Å². The first kappa shape index (κ1) is 14.1. The number of aromatic nitrogens is 3. The van der Waals surface area contributed by atoms with E-state index in [1.165, 1.54) is 0 Å². The summed E-state index contributed by atoms with van der Waals surface area (Å²) in [5.74, 6) is 2.42. The van der Waals surface area contributed by atoms with Crippen molar-refractivity contribution in [2.75, 3.05) is 0 Å². The fraction of sp³-hybridized carbons (Fsp3) is 0.500. The zero-order valence-electron chi connectivity index (χ0n) is 12.8. The van der Waals surface area contributed by atoms with Gasteiger partial charge in [-0.1, -0.05) is 12.1 Å². The highest BCUT2D eigenvalue weighted by atomic mass is 16.3. The highest BCUT2D eigenvalue weighted by Gasteiger charge is 2.23. The van der Waals surface area contributed by atoms with Crippen molar-refractivity contribution in [3.63, 3.8) is 0 Å². The lowest BCUT2D eigenvalue weighted by molar-refractivity contribution is 0.426. The summed E-state index contributed by atoms with van der Waals surface area (Å²) in [6.45, 7) is 7.14. The summed E-state index contributed by atoms with van der Waals surface area (Å²) in [6.07, 6.45) is 2.17. The smallest absolute Gasteiger partial charge is 0.149 e. The molecule has 0 saturated heterocycles. The molecule has 0 radical (unpaired) electrons. The Morgan fingerprint density at radius 2 is 2.05 bits per heavy atom. The van der Waals surface area contributed by atoms with E-state index in [2.05, 4.69) is 33.9 Å². The monoisotopic (exact) mass is 286 g/mol. The van der Waals surface area contributed by atoms with Crippen LogP contribution in [0, 0.1) is 6.92 Å². The van der Waals surface area contributed by atoms with Crippen molar-refractivity contribution >= 4 is 0 Å². The zero-order valence-corrected chi connectivity index (χ0v) is 12.8. The Balaban J connectivity index is 1.76. The zero-order chi connectivity index (χ0) is 15.0. The number of nitrogens with zero attached hydrogens (tertiary/aromatic N) is 3. The van der Waals surface area contributed by atoms with Crippen LogP contribution in [0.5, 0.6) is 5.75 Å². The van der Waals surface area contributed by atoms with Crippen LogP contribution in [-0.2, 0) is 13.0 Å². The molecule has 21 heavy (non-hydrogen) atoms. The Morgan fingerprint density at radius 3 is 2.81 bits per heavy atom. The van der Waals surface area contributed by atoms with Gasteiger partial charge in [-0.3, -0.25) is 0 Å².